The van der Waals surface area contributed by atoms with Crippen LogP contribution in [-0.4, -0.2) is 54.5 Å². The molecule has 2 aromatic carbocycles. The molecule has 1 saturated heterocycles. The smallest absolute Gasteiger partial charge is 0.417 e. The minimum Gasteiger partial charge on any atom is -0.473 e. The molecule has 1 atom stereocenters. The molecule has 1 fully saturated rings. The Hall–Kier alpha value is -4.55. The van der Waals surface area contributed by atoms with E-state index in [1.54, 1.807) is 18.3 Å². The van der Waals surface area contributed by atoms with Crippen LogP contribution < -0.4 is 29.2 Å². The maximum Gasteiger partial charge on any atom is 0.417 e. The largest absolute Gasteiger partial charge is 0.473 e. The van der Waals surface area contributed by atoms with Crippen molar-refractivity contribution >= 4 is 5.69 Å². The van der Waals surface area contributed by atoms with Crippen molar-refractivity contribution in [1.82, 2.24) is 20.2 Å². The molecule has 0 aliphatic carbocycles. The summed E-state index contributed by atoms with van der Waals surface area (Å²) in [6, 6.07) is 19.5. The van der Waals surface area contributed by atoms with Gasteiger partial charge in [-0.2, -0.15) is 13.2 Å². The molecule has 4 heterocycles. The number of piperazine rings is 1. The lowest BCUT2D eigenvalue weighted by Crippen LogP contribution is -2.57. The number of benzene rings is 2. The van der Waals surface area contributed by atoms with Crippen molar-refractivity contribution < 1.29 is 32.1 Å². The first-order valence-electron chi connectivity index (χ1n) is 13.8. The molecule has 4 aromatic rings. The van der Waals surface area contributed by atoms with Crippen LogP contribution in [-0.2, 0) is 19.3 Å². The van der Waals surface area contributed by atoms with Gasteiger partial charge in [0, 0.05) is 69.0 Å². The number of hydrogen-bond acceptors (Lipinski definition) is 9. The number of anilines is 1. The third-order valence-electron chi connectivity index (χ3n) is 7.26. The van der Waals surface area contributed by atoms with Crippen LogP contribution in [0.25, 0.3) is 0 Å². The van der Waals surface area contributed by atoms with Gasteiger partial charge in [-0.05, 0) is 54.1 Å². The predicted molar refractivity (Wildman–Crippen MR) is 152 cm³/mol. The van der Waals surface area contributed by atoms with Gasteiger partial charge in [-0.25, -0.2) is 9.97 Å². The molecule has 0 amide bonds. The highest BCUT2D eigenvalue weighted by atomic mass is 19.4. The molecule has 0 spiro atoms. The standard InChI is InChI=1S/C31H30F3N5O4/c1-38(28-18-39(13-12-35-28)17-21-2-9-26-27(14-21)42-20-41-26)24-5-7-25(8-6-24)43-30-10-3-22(15-36-30)19-40-29-11-4-23(16-37-29)31(32,33)34/h2-11,14-16,28,35H,12-13,17-20H2,1H3. The van der Waals surface area contributed by atoms with E-state index in [4.69, 9.17) is 18.9 Å². The maximum absolute atomic E-state index is 12.7. The highest BCUT2D eigenvalue weighted by Crippen LogP contribution is 2.33. The van der Waals surface area contributed by atoms with Gasteiger partial charge in [-0.3, -0.25) is 10.2 Å². The van der Waals surface area contributed by atoms with E-state index in [1.165, 1.54) is 11.6 Å². The van der Waals surface area contributed by atoms with Crippen LogP contribution in [0.15, 0.2) is 79.1 Å². The third-order valence-corrected chi connectivity index (χ3v) is 7.26. The minimum atomic E-state index is -4.44. The number of pyridine rings is 2. The topological polar surface area (TPSA) is 81.2 Å². The quantitative estimate of drug-likeness (QED) is 0.272. The molecule has 2 aromatic heterocycles. The normalized spacial score (nSPS) is 16.6. The van der Waals surface area contributed by atoms with Gasteiger partial charge in [0.15, 0.2) is 11.5 Å². The summed E-state index contributed by atoms with van der Waals surface area (Å²) >= 11 is 0. The van der Waals surface area contributed by atoms with E-state index >= 15 is 0 Å². The zero-order chi connectivity index (χ0) is 29.8. The molecule has 43 heavy (non-hydrogen) atoms. The summed E-state index contributed by atoms with van der Waals surface area (Å²) in [5.41, 5.74) is 2.14. The molecule has 0 saturated carbocycles. The number of rotatable bonds is 9. The van der Waals surface area contributed by atoms with Gasteiger partial charge < -0.3 is 23.8 Å². The number of ether oxygens (including phenoxy) is 4. The molecule has 2 aliphatic heterocycles. The van der Waals surface area contributed by atoms with Crippen LogP contribution >= 0.6 is 0 Å². The van der Waals surface area contributed by atoms with Gasteiger partial charge in [0.1, 0.15) is 12.4 Å². The number of fused-ring (bicyclic) bond motifs is 1. The zero-order valence-electron chi connectivity index (χ0n) is 23.4. The molecule has 1 unspecified atom stereocenters. The van der Waals surface area contributed by atoms with Crippen LogP contribution in [0, 0.1) is 0 Å². The zero-order valence-corrected chi connectivity index (χ0v) is 23.4. The maximum atomic E-state index is 12.7. The van der Waals surface area contributed by atoms with E-state index in [9.17, 15) is 13.2 Å². The molecular weight excluding hydrogens is 563 g/mol. The van der Waals surface area contributed by atoms with Crippen molar-refractivity contribution in [3.8, 4) is 29.0 Å². The Morgan fingerprint density at radius 1 is 0.930 bits per heavy atom. The van der Waals surface area contributed by atoms with Gasteiger partial charge in [-0.15, -0.1) is 0 Å². The first kappa shape index (κ1) is 28.6. The van der Waals surface area contributed by atoms with Crippen LogP contribution in [0.2, 0.25) is 0 Å². The second-order valence-corrected chi connectivity index (χ2v) is 10.3. The van der Waals surface area contributed by atoms with Crippen molar-refractivity contribution in [2.45, 2.75) is 25.5 Å². The average Bonchev–Trinajstić information content (AvgIpc) is 3.49. The van der Waals surface area contributed by atoms with Gasteiger partial charge in [0.25, 0.3) is 0 Å². The molecule has 1 N–H and O–H groups in total. The third kappa shape index (κ3) is 7.09. The summed E-state index contributed by atoms with van der Waals surface area (Å²) in [4.78, 5) is 12.7. The van der Waals surface area contributed by atoms with Gasteiger partial charge in [0.05, 0.1) is 11.7 Å². The lowest BCUT2D eigenvalue weighted by molar-refractivity contribution is -0.137. The highest BCUT2D eigenvalue weighted by Gasteiger charge is 2.30. The highest BCUT2D eigenvalue weighted by molar-refractivity contribution is 5.50. The first-order valence-corrected chi connectivity index (χ1v) is 13.8. The number of nitrogens with one attached hydrogen (secondary N) is 1. The summed E-state index contributed by atoms with van der Waals surface area (Å²) in [5, 5.41) is 3.60. The molecule has 2 aliphatic rings. The van der Waals surface area contributed by atoms with Crippen LogP contribution in [0.5, 0.6) is 29.0 Å². The van der Waals surface area contributed by atoms with E-state index in [0.717, 1.165) is 61.2 Å². The molecule has 9 nitrogen and oxygen atoms in total. The number of likely N-dealkylation sites (N-methyl/N-ethyl adjacent to an activating group) is 1. The second kappa shape index (κ2) is 12.4. The Balaban J connectivity index is 0.991. The van der Waals surface area contributed by atoms with E-state index in [2.05, 4.69) is 44.3 Å². The van der Waals surface area contributed by atoms with Crippen LogP contribution in [0.4, 0.5) is 18.9 Å². The van der Waals surface area contributed by atoms with E-state index < -0.39 is 11.7 Å². The van der Waals surface area contributed by atoms with Crippen LogP contribution in [0.3, 0.4) is 0 Å². The molecule has 0 radical (unpaired) electrons. The van der Waals surface area contributed by atoms with Crippen molar-refractivity contribution in [1.29, 1.82) is 0 Å². The summed E-state index contributed by atoms with van der Waals surface area (Å²) in [6.07, 6.45) is -1.96. The van der Waals surface area contributed by atoms with Crippen LogP contribution in [0.1, 0.15) is 16.7 Å². The molecule has 224 valence electrons. The van der Waals surface area contributed by atoms with Gasteiger partial charge >= 0.3 is 6.18 Å². The Labute approximate surface area is 246 Å². The van der Waals surface area contributed by atoms with Crippen molar-refractivity contribution in [3.05, 3.63) is 95.8 Å². The van der Waals surface area contributed by atoms with Gasteiger partial charge in [-0.1, -0.05) is 6.07 Å². The Morgan fingerprint density at radius 3 is 2.44 bits per heavy atom. The number of hydrogen-bond donors (Lipinski definition) is 1. The Kier molecular flexibility index (Phi) is 8.21. The van der Waals surface area contributed by atoms with E-state index in [1.807, 2.05) is 30.3 Å². The fourth-order valence-electron chi connectivity index (χ4n) is 4.89. The second-order valence-electron chi connectivity index (χ2n) is 10.3. The lowest BCUT2D eigenvalue weighted by Gasteiger charge is -2.39. The number of halogens is 3. The number of nitrogens with zero attached hydrogens (tertiary/aromatic N) is 4. The molecule has 0 bridgehead atoms. The molecular formula is C31H30F3N5O4. The number of alkyl halides is 3. The van der Waals surface area contributed by atoms with E-state index in [0.29, 0.717) is 11.6 Å². The van der Waals surface area contributed by atoms with Crippen molar-refractivity contribution in [3.63, 3.8) is 0 Å². The Morgan fingerprint density at radius 2 is 1.70 bits per heavy atom. The van der Waals surface area contributed by atoms with E-state index in [-0.39, 0.29) is 25.4 Å². The average molecular weight is 594 g/mol. The van der Waals surface area contributed by atoms with Crippen molar-refractivity contribution in [2.24, 2.45) is 0 Å². The lowest BCUT2D eigenvalue weighted by atomic mass is 10.1. The summed E-state index contributed by atoms with van der Waals surface area (Å²) in [5.74, 6) is 2.75. The van der Waals surface area contributed by atoms with Gasteiger partial charge in [0.2, 0.25) is 18.6 Å². The number of aromatic nitrogens is 2. The fraction of sp³-hybridized carbons (Fsp3) is 0.290. The SMILES string of the molecule is CN(c1ccc(Oc2ccc(COc3ccc(C(F)(F)F)cn3)cn2)cc1)C1CN(Cc2ccc3c(c2)OCO3)CCN1. The molecule has 6 rings (SSSR count). The summed E-state index contributed by atoms with van der Waals surface area (Å²) in [6.45, 7) is 3.91. The molecule has 12 heteroatoms. The monoisotopic (exact) mass is 593 g/mol. The fourth-order valence-corrected chi connectivity index (χ4v) is 4.89. The summed E-state index contributed by atoms with van der Waals surface area (Å²) < 4.78 is 60.4. The minimum absolute atomic E-state index is 0.0965. The Bertz CT molecular complexity index is 1520. The summed E-state index contributed by atoms with van der Waals surface area (Å²) in [7, 11) is 2.07. The van der Waals surface area contributed by atoms with Crippen molar-refractivity contribution in [2.75, 3.05) is 38.4 Å². The first-order chi connectivity index (χ1) is 20.8. The predicted octanol–water partition coefficient (Wildman–Crippen LogP) is 5.46.